The molecule has 184 valence electrons. The van der Waals surface area contributed by atoms with Crippen molar-refractivity contribution in [2.75, 3.05) is 31.7 Å². The van der Waals surface area contributed by atoms with Crippen molar-refractivity contribution in [3.8, 4) is 23.0 Å². The second kappa shape index (κ2) is 13.4. The molecule has 2 aromatic carbocycles. The van der Waals surface area contributed by atoms with E-state index in [1.54, 1.807) is 30.3 Å². The third kappa shape index (κ3) is 7.08. The highest BCUT2D eigenvalue weighted by atomic mass is 35.5. The number of nitrogens with zero attached hydrogens (tertiary/aromatic N) is 2. The average Bonchev–Trinajstić information content (AvgIpc) is 2.79. The number of amides is 1. The van der Waals surface area contributed by atoms with E-state index in [9.17, 15) is 9.59 Å². The summed E-state index contributed by atoms with van der Waals surface area (Å²) in [6.07, 6.45) is 0. The first-order valence-corrected chi connectivity index (χ1v) is 11.4. The molecule has 9 nitrogen and oxygen atoms in total. The van der Waals surface area contributed by atoms with Crippen molar-refractivity contribution in [1.29, 1.82) is 0 Å². The number of benzene rings is 2. The van der Waals surface area contributed by atoms with Gasteiger partial charge in [-0.05, 0) is 46.8 Å². The SMILES string of the molecule is CCOc1cc(NC(=O)C(N=Nc2cccc(OCC)c2OCC)C(C)=O)c(Cl)c(OCC)c1. The van der Waals surface area contributed by atoms with Gasteiger partial charge in [0.2, 0.25) is 6.04 Å². The molecule has 0 heterocycles. The minimum Gasteiger partial charge on any atom is -0.494 e. The number of para-hydroxylation sites is 1. The number of nitrogens with one attached hydrogen (secondary N) is 1. The Morgan fingerprint density at radius 2 is 1.59 bits per heavy atom. The van der Waals surface area contributed by atoms with Crippen molar-refractivity contribution in [3.63, 3.8) is 0 Å². The Labute approximate surface area is 204 Å². The van der Waals surface area contributed by atoms with Crippen LogP contribution in [0.2, 0.25) is 5.02 Å². The summed E-state index contributed by atoms with van der Waals surface area (Å²) in [4.78, 5) is 25.2. The fourth-order valence-electron chi connectivity index (χ4n) is 2.96. The zero-order valence-corrected chi connectivity index (χ0v) is 20.8. The summed E-state index contributed by atoms with van der Waals surface area (Å²) in [6.45, 7) is 10.2. The largest absolute Gasteiger partial charge is 0.494 e. The first-order valence-electron chi connectivity index (χ1n) is 11.1. The van der Waals surface area contributed by atoms with Gasteiger partial charge >= 0.3 is 0 Å². The molecule has 1 amide bonds. The van der Waals surface area contributed by atoms with Crippen LogP contribution in [0.3, 0.4) is 0 Å². The van der Waals surface area contributed by atoms with E-state index in [-0.39, 0.29) is 10.7 Å². The Kier molecular flexibility index (Phi) is 10.6. The number of carbonyl (C=O) groups excluding carboxylic acids is 2. The Morgan fingerprint density at radius 1 is 0.941 bits per heavy atom. The Morgan fingerprint density at radius 3 is 2.21 bits per heavy atom. The molecule has 1 N–H and O–H groups in total. The lowest BCUT2D eigenvalue weighted by molar-refractivity contribution is -0.126. The van der Waals surface area contributed by atoms with Crippen LogP contribution in [0.1, 0.15) is 34.6 Å². The van der Waals surface area contributed by atoms with Crippen LogP contribution >= 0.6 is 11.6 Å². The lowest BCUT2D eigenvalue weighted by Crippen LogP contribution is -2.32. The van der Waals surface area contributed by atoms with Gasteiger partial charge in [0.05, 0.1) is 32.1 Å². The van der Waals surface area contributed by atoms with Crippen molar-refractivity contribution in [1.82, 2.24) is 0 Å². The van der Waals surface area contributed by atoms with Crippen LogP contribution in [0.25, 0.3) is 0 Å². The van der Waals surface area contributed by atoms with Crippen molar-refractivity contribution < 1.29 is 28.5 Å². The van der Waals surface area contributed by atoms with Gasteiger partial charge in [-0.25, -0.2) is 0 Å². The molecule has 2 aromatic rings. The van der Waals surface area contributed by atoms with Crippen LogP contribution in [-0.4, -0.2) is 44.2 Å². The number of halogens is 1. The maximum absolute atomic E-state index is 13.0. The van der Waals surface area contributed by atoms with E-state index in [0.717, 1.165) is 0 Å². The lowest BCUT2D eigenvalue weighted by atomic mass is 10.2. The van der Waals surface area contributed by atoms with E-state index in [1.807, 2.05) is 27.7 Å². The van der Waals surface area contributed by atoms with Gasteiger partial charge in [-0.1, -0.05) is 17.7 Å². The molecule has 0 bridgehead atoms. The summed E-state index contributed by atoms with van der Waals surface area (Å²) >= 11 is 6.40. The normalized spacial score (nSPS) is 11.7. The van der Waals surface area contributed by atoms with Crippen molar-refractivity contribution in [3.05, 3.63) is 35.4 Å². The monoisotopic (exact) mass is 491 g/mol. The topological polar surface area (TPSA) is 108 Å². The molecular formula is C24H30ClN3O6. The van der Waals surface area contributed by atoms with Crippen molar-refractivity contribution >= 4 is 34.7 Å². The zero-order chi connectivity index (χ0) is 25.1. The van der Waals surface area contributed by atoms with Crippen LogP contribution in [0, 0.1) is 0 Å². The Bertz CT molecular complexity index is 1030. The fourth-order valence-corrected chi connectivity index (χ4v) is 3.17. The maximum atomic E-state index is 13.0. The molecule has 0 aliphatic rings. The van der Waals surface area contributed by atoms with Gasteiger partial charge < -0.3 is 24.3 Å². The third-order valence-corrected chi connectivity index (χ3v) is 4.73. The van der Waals surface area contributed by atoms with Gasteiger partial charge in [0.15, 0.2) is 17.3 Å². The molecule has 2 rings (SSSR count). The number of rotatable bonds is 13. The molecule has 0 saturated heterocycles. The number of anilines is 1. The quantitative estimate of drug-likeness (QED) is 0.288. The summed E-state index contributed by atoms with van der Waals surface area (Å²) in [6, 6.07) is 6.90. The second-order valence-corrected chi connectivity index (χ2v) is 7.22. The number of Topliss-reactive ketones (excluding diaryl/α,β-unsaturated/α-hetero) is 1. The molecule has 0 saturated carbocycles. The zero-order valence-electron chi connectivity index (χ0n) is 20.0. The maximum Gasteiger partial charge on any atom is 0.258 e. The van der Waals surface area contributed by atoms with E-state index in [2.05, 4.69) is 15.5 Å². The van der Waals surface area contributed by atoms with Crippen LogP contribution in [0.4, 0.5) is 11.4 Å². The Balaban J connectivity index is 2.35. The average molecular weight is 492 g/mol. The standard InChI is InChI=1S/C24H30ClN3O6/c1-6-31-16-13-18(21(25)20(14-16)33-8-3)26-24(30)22(15(5)29)28-27-17-11-10-12-19(32-7-2)23(17)34-9-4/h10-14,22H,6-9H2,1-5H3,(H,26,30). The van der Waals surface area contributed by atoms with Crippen LogP contribution in [-0.2, 0) is 9.59 Å². The summed E-state index contributed by atoms with van der Waals surface area (Å²) in [5, 5.41) is 10.9. The predicted molar refractivity (Wildman–Crippen MR) is 130 cm³/mol. The van der Waals surface area contributed by atoms with Crippen molar-refractivity contribution in [2.45, 2.75) is 40.7 Å². The van der Waals surface area contributed by atoms with E-state index < -0.39 is 17.7 Å². The number of azo groups is 1. The van der Waals surface area contributed by atoms with Gasteiger partial charge in [-0.15, -0.1) is 0 Å². The van der Waals surface area contributed by atoms with Gasteiger partial charge in [0.25, 0.3) is 5.91 Å². The minimum atomic E-state index is -1.41. The molecule has 0 radical (unpaired) electrons. The second-order valence-electron chi connectivity index (χ2n) is 6.84. The summed E-state index contributed by atoms with van der Waals surface area (Å²) < 4.78 is 22.3. The number of ether oxygens (including phenoxy) is 4. The lowest BCUT2D eigenvalue weighted by Gasteiger charge is -2.16. The van der Waals surface area contributed by atoms with Gasteiger partial charge in [0.1, 0.15) is 22.2 Å². The highest BCUT2D eigenvalue weighted by Crippen LogP contribution is 2.39. The molecule has 10 heteroatoms. The molecule has 0 aliphatic heterocycles. The first-order chi connectivity index (χ1) is 16.4. The van der Waals surface area contributed by atoms with E-state index in [4.69, 9.17) is 30.5 Å². The molecule has 0 aliphatic carbocycles. The summed E-state index contributed by atoms with van der Waals surface area (Å²) in [5.74, 6) is 0.483. The molecular weight excluding hydrogens is 462 g/mol. The van der Waals surface area contributed by atoms with Gasteiger partial charge in [0, 0.05) is 12.1 Å². The highest BCUT2D eigenvalue weighted by molar-refractivity contribution is 6.35. The molecule has 1 unspecified atom stereocenters. The molecule has 0 fully saturated rings. The molecule has 0 aromatic heterocycles. The number of hydrogen-bond acceptors (Lipinski definition) is 8. The number of hydrogen-bond donors (Lipinski definition) is 1. The molecule has 0 spiro atoms. The van der Waals surface area contributed by atoms with Crippen LogP contribution < -0.4 is 24.3 Å². The van der Waals surface area contributed by atoms with E-state index >= 15 is 0 Å². The van der Waals surface area contributed by atoms with Gasteiger partial charge in [-0.3, -0.25) is 9.59 Å². The molecule has 1 atom stereocenters. The van der Waals surface area contributed by atoms with Crippen molar-refractivity contribution in [2.24, 2.45) is 10.2 Å². The minimum absolute atomic E-state index is 0.181. The van der Waals surface area contributed by atoms with Crippen LogP contribution in [0.5, 0.6) is 23.0 Å². The number of ketones is 1. The van der Waals surface area contributed by atoms with E-state index in [0.29, 0.717) is 55.1 Å². The predicted octanol–water partition coefficient (Wildman–Crippen LogP) is 5.61. The third-order valence-electron chi connectivity index (χ3n) is 4.34. The van der Waals surface area contributed by atoms with Crippen LogP contribution in [0.15, 0.2) is 40.6 Å². The summed E-state index contributed by atoms with van der Waals surface area (Å²) in [5.41, 5.74) is 0.567. The highest BCUT2D eigenvalue weighted by Gasteiger charge is 2.25. The molecule has 34 heavy (non-hydrogen) atoms. The summed E-state index contributed by atoms with van der Waals surface area (Å²) in [7, 11) is 0. The van der Waals surface area contributed by atoms with E-state index in [1.165, 1.54) is 6.92 Å². The fraction of sp³-hybridized carbons (Fsp3) is 0.417. The van der Waals surface area contributed by atoms with Gasteiger partial charge in [-0.2, -0.15) is 10.2 Å². The number of carbonyl (C=O) groups is 2. The smallest absolute Gasteiger partial charge is 0.258 e. The Hall–Kier alpha value is -3.33. The first kappa shape index (κ1) is 26.9.